The van der Waals surface area contributed by atoms with Crippen LogP contribution in [0.15, 0.2) is 6.07 Å². The number of hydrogen-bond acceptors (Lipinski definition) is 5. The summed E-state index contributed by atoms with van der Waals surface area (Å²) in [5, 5.41) is 11.9. The number of rotatable bonds is 1. The van der Waals surface area contributed by atoms with E-state index >= 15 is 0 Å². The van der Waals surface area contributed by atoms with Crippen molar-refractivity contribution in [3.05, 3.63) is 17.3 Å². The fraction of sp³-hybridized carbons (Fsp3) is 0.417. The van der Waals surface area contributed by atoms with Gasteiger partial charge in [0.25, 0.3) is 0 Å². The van der Waals surface area contributed by atoms with Crippen molar-refractivity contribution in [1.29, 1.82) is 0 Å². The fourth-order valence-corrected chi connectivity index (χ4v) is 3.46. The Labute approximate surface area is 114 Å². The van der Waals surface area contributed by atoms with E-state index in [1.54, 1.807) is 18.7 Å². The fourth-order valence-electron chi connectivity index (χ4n) is 2.41. The van der Waals surface area contributed by atoms with Gasteiger partial charge in [-0.05, 0) is 13.0 Å². The van der Waals surface area contributed by atoms with Gasteiger partial charge in [0.2, 0.25) is 5.91 Å². The number of anilines is 2. The molecule has 1 aromatic heterocycles. The number of fused-ring (bicyclic) bond motifs is 3. The summed E-state index contributed by atoms with van der Waals surface area (Å²) in [4.78, 5) is 29.5. The minimum Gasteiger partial charge on any atom is -0.478 e. The molecule has 0 saturated carbocycles. The molecule has 1 fully saturated rings. The lowest BCUT2D eigenvalue weighted by Gasteiger charge is -2.39. The molecule has 19 heavy (non-hydrogen) atoms. The summed E-state index contributed by atoms with van der Waals surface area (Å²) >= 11 is 1.75. The topological polar surface area (TPSA) is 82.5 Å². The molecule has 1 amide bonds. The van der Waals surface area contributed by atoms with Crippen molar-refractivity contribution in [3.8, 4) is 0 Å². The zero-order chi connectivity index (χ0) is 13.6. The van der Waals surface area contributed by atoms with Crippen LogP contribution in [-0.2, 0) is 4.79 Å². The van der Waals surface area contributed by atoms with Gasteiger partial charge >= 0.3 is 5.97 Å². The SMILES string of the molecule is Cc1nc2c(cc1C(=O)O)NC(=O)C1CSCCN21. The molecule has 0 aliphatic carbocycles. The molecule has 1 atom stereocenters. The first-order valence-electron chi connectivity index (χ1n) is 5.98. The molecule has 2 aliphatic heterocycles. The molecule has 1 saturated heterocycles. The maximum absolute atomic E-state index is 12.0. The normalized spacial score (nSPS) is 21.4. The highest BCUT2D eigenvalue weighted by atomic mass is 32.2. The van der Waals surface area contributed by atoms with Gasteiger partial charge in [-0.15, -0.1) is 0 Å². The lowest BCUT2D eigenvalue weighted by atomic mass is 10.1. The van der Waals surface area contributed by atoms with E-state index in [0.717, 1.165) is 18.1 Å². The Bertz CT molecular complexity index is 576. The van der Waals surface area contributed by atoms with Gasteiger partial charge in [0.05, 0.1) is 16.9 Å². The van der Waals surface area contributed by atoms with Crippen molar-refractivity contribution in [2.24, 2.45) is 0 Å². The number of hydrogen-bond donors (Lipinski definition) is 2. The average Bonchev–Trinajstić information content (AvgIpc) is 2.39. The van der Waals surface area contributed by atoms with Crippen LogP contribution in [0.2, 0.25) is 0 Å². The molecule has 100 valence electrons. The first kappa shape index (κ1) is 12.3. The summed E-state index contributed by atoms with van der Waals surface area (Å²) in [6, 6.07) is 1.30. The van der Waals surface area contributed by atoms with E-state index in [2.05, 4.69) is 10.3 Å². The van der Waals surface area contributed by atoms with Crippen LogP contribution in [0.25, 0.3) is 0 Å². The number of carbonyl (C=O) groups excluding carboxylic acids is 1. The molecule has 6 nitrogen and oxygen atoms in total. The average molecular weight is 279 g/mol. The number of amides is 1. The van der Waals surface area contributed by atoms with Crippen LogP contribution in [0.4, 0.5) is 11.5 Å². The zero-order valence-electron chi connectivity index (χ0n) is 10.3. The molecular formula is C12H13N3O3S. The number of aromatic nitrogens is 1. The first-order chi connectivity index (χ1) is 9.08. The monoisotopic (exact) mass is 279 g/mol. The third-order valence-corrected chi connectivity index (χ3v) is 4.41. The molecule has 0 spiro atoms. The highest BCUT2D eigenvalue weighted by molar-refractivity contribution is 7.99. The minimum atomic E-state index is -1.03. The Morgan fingerprint density at radius 3 is 3.16 bits per heavy atom. The molecule has 0 bridgehead atoms. The van der Waals surface area contributed by atoms with Crippen LogP contribution in [0.1, 0.15) is 16.1 Å². The second kappa shape index (κ2) is 4.41. The second-order valence-electron chi connectivity index (χ2n) is 4.57. The van der Waals surface area contributed by atoms with E-state index in [9.17, 15) is 9.59 Å². The lowest BCUT2D eigenvalue weighted by molar-refractivity contribution is -0.117. The van der Waals surface area contributed by atoms with E-state index in [1.807, 2.05) is 4.90 Å². The highest BCUT2D eigenvalue weighted by Gasteiger charge is 2.36. The van der Waals surface area contributed by atoms with Gasteiger partial charge in [0.15, 0.2) is 5.82 Å². The molecule has 0 radical (unpaired) electrons. The van der Waals surface area contributed by atoms with Crippen LogP contribution in [-0.4, -0.2) is 46.1 Å². The maximum atomic E-state index is 12.0. The number of carbonyl (C=O) groups is 2. The number of aryl methyl sites for hydroxylation is 1. The van der Waals surface area contributed by atoms with Gasteiger partial charge in [0.1, 0.15) is 6.04 Å². The van der Waals surface area contributed by atoms with Crippen molar-refractivity contribution in [2.75, 3.05) is 28.3 Å². The summed E-state index contributed by atoms with van der Waals surface area (Å²) in [6.45, 7) is 2.43. The Morgan fingerprint density at radius 2 is 2.42 bits per heavy atom. The van der Waals surface area contributed by atoms with Gasteiger partial charge in [-0.2, -0.15) is 11.8 Å². The molecule has 2 aliphatic rings. The third kappa shape index (κ3) is 1.94. The second-order valence-corrected chi connectivity index (χ2v) is 5.72. The van der Waals surface area contributed by atoms with Crippen LogP contribution in [0.5, 0.6) is 0 Å². The Kier molecular flexibility index (Phi) is 2.85. The molecular weight excluding hydrogens is 266 g/mol. The van der Waals surface area contributed by atoms with Crippen molar-refractivity contribution in [1.82, 2.24) is 4.98 Å². The van der Waals surface area contributed by atoms with E-state index in [4.69, 9.17) is 5.11 Å². The number of carboxylic acids is 1. The Balaban J connectivity index is 2.10. The minimum absolute atomic E-state index is 0.0818. The van der Waals surface area contributed by atoms with Gasteiger partial charge in [-0.25, -0.2) is 9.78 Å². The molecule has 2 N–H and O–H groups in total. The Hall–Kier alpha value is -1.76. The van der Waals surface area contributed by atoms with E-state index in [0.29, 0.717) is 17.2 Å². The number of carboxylic acid groups (broad SMARTS) is 1. The number of thioether (sulfide) groups is 1. The lowest BCUT2D eigenvalue weighted by Crippen LogP contribution is -2.53. The van der Waals surface area contributed by atoms with Crippen LogP contribution in [0.3, 0.4) is 0 Å². The van der Waals surface area contributed by atoms with Gasteiger partial charge in [-0.1, -0.05) is 0 Å². The van der Waals surface area contributed by atoms with Gasteiger partial charge < -0.3 is 15.3 Å². The first-order valence-corrected chi connectivity index (χ1v) is 7.13. The van der Waals surface area contributed by atoms with Crippen LogP contribution >= 0.6 is 11.8 Å². The zero-order valence-corrected chi connectivity index (χ0v) is 11.2. The quantitative estimate of drug-likeness (QED) is 0.797. The van der Waals surface area contributed by atoms with E-state index in [-0.39, 0.29) is 17.5 Å². The molecule has 1 unspecified atom stereocenters. The standard InChI is InChI=1S/C12H13N3O3S/c1-6-7(12(17)18)4-8-10(13-6)15-2-3-19-5-9(15)11(16)14-8/h4,9H,2-3,5H2,1H3,(H,14,16)(H,17,18). The van der Waals surface area contributed by atoms with Gasteiger partial charge in [0, 0.05) is 18.1 Å². The summed E-state index contributed by atoms with van der Waals surface area (Å²) in [6.07, 6.45) is 0. The maximum Gasteiger partial charge on any atom is 0.337 e. The van der Waals surface area contributed by atoms with Crippen molar-refractivity contribution >= 4 is 35.1 Å². The number of aromatic carboxylic acids is 1. The number of nitrogens with zero attached hydrogens (tertiary/aromatic N) is 2. The predicted octanol–water partition coefficient (Wildman–Crippen LogP) is 0.962. The van der Waals surface area contributed by atoms with E-state index < -0.39 is 5.97 Å². The highest BCUT2D eigenvalue weighted by Crippen LogP contribution is 2.34. The summed E-state index contributed by atoms with van der Waals surface area (Å²) in [5.41, 5.74) is 1.10. The molecule has 0 aromatic carbocycles. The van der Waals surface area contributed by atoms with Crippen molar-refractivity contribution < 1.29 is 14.7 Å². The van der Waals surface area contributed by atoms with Gasteiger partial charge in [-0.3, -0.25) is 4.79 Å². The van der Waals surface area contributed by atoms with Crippen molar-refractivity contribution in [2.45, 2.75) is 13.0 Å². The number of nitrogens with one attached hydrogen (secondary N) is 1. The largest absolute Gasteiger partial charge is 0.478 e. The van der Waals surface area contributed by atoms with Crippen LogP contribution < -0.4 is 10.2 Å². The summed E-state index contributed by atoms with van der Waals surface area (Å²) < 4.78 is 0. The summed E-state index contributed by atoms with van der Waals surface area (Å²) in [5.74, 6) is 1.27. The number of pyridine rings is 1. The Morgan fingerprint density at radius 1 is 1.63 bits per heavy atom. The third-order valence-electron chi connectivity index (χ3n) is 3.38. The summed E-state index contributed by atoms with van der Waals surface area (Å²) in [7, 11) is 0. The van der Waals surface area contributed by atoms with Crippen LogP contribution in [0, 0.1) is 6.92 Å². The predicted molar refractivity (Wildman–Crippen MR) is 73.0 cm³/mol. The van der Waals surface area contributed by atoms with E-state index in [1.165, 1.54) is 6.07 Å². The van der Waals surface area contributed by atoms with Crippen molar-refractivity contribution in [3.63, 3.8) is 0 Å². The molecule has 1 aromatic rings. The molecule has 3 rings (SSSR count). The molecule has 3 heterocycles. The smallest absolute Gasteiger partial charge is 0.337 e. The molecule has 7 heteroatoms.